The smallest absolute Gasteiger partial charge is 0.407 e. The first-order valence-electron chi connectivity index (χ1n) is 7.37. The summed E-state index contributed by atoms with van der Waals surface area (Å²) in [5, 5.41) is 3.01. The molecule has 0 aliphatic rings. The minimum atomic E-state index is -0.473. The molecule has 0 fully saturated rings. The van der Waals surface area contributed by atoms with Crippen LogP contribution in [-0.4, -0.2) is 18.9 Å². The largest absolute Gasteiger partial charge is 0.445 e. The zero-order valence-corrected chi connectivity index (χ0v) is 13.7. The quantitative estimate of drug-likeness (QED) is 0.511. The third-order valence-electron chi connectivity index (χ3n) is 3.09. The molecular formula is C19H16ClNO3. The molecule has 0 bridgehead atoms. The fourth-order valence-electron chi connectivity index (χ4n) is 1.87. The SMILES string of the molecule is O=Cc1ccc(C#CCCNC(=O)OCc2ccccc2)cc1Cl. The first-order chi connectivity index (χ1) is 11.7. The Kier molecular flexibility index (Phi) is 6.88. The van der Waals surface area contributed by atoms with Crippen molar-refractivity contribution in [2.45, 2.75) is 13.0 Å². The van der Waals surface area contributed by atoms with Crippen LogP contribution in [-0.2, 0) is 11.3 Å². The number of nitrogens with one attached hydrogen (secondary N) is 1. The van der Waals surface area contributed by atoms with E-state index in [-0.39, 0.29) is 6.61 Å². The van der Waals surface area contributed by atoms with Crippen molar-refractivity contribution in [3.63, 3.8) is 0 Å². The number of carbonyl (C=O) groups is 2. The van der Waals surface area contributed by atoms with E-state index in [2.05, 4.69) is 17.2 Å². The van der Waals surface area contributed by atoms with Gasteiger partial charge in [-0.2, -0.15) is 0 Å². The number of hydrogen-bond acceptors (Lipinski definition) is 3. The lowest BCUT2D eigenvalue weighted by atomic mass is 10.1. The van der Waals surface area contributed by atoms with Gasteiger partial charge in [0.1, 0.15) is 6.61 Å². The van der Waals surface area contributed by atoms with Gasteiger partial charge in [-0.05, 0) is 23.8 Å². The molecule has 0 atom stereocenters. The molecule has 0 unspecified atom stereocenters. The molecular weight excluding hydrogens is 326 g/mol. The Balaban J connectivity index is 1.70. The van der Waals surface area contributed by atoms with Crippen molar-refractivity contribution in [1.82, 2.24) is 5.32 Å². The lowest BCUT2D eigenvalue weighted by Crippen LogP contribution is -2.24. The van der Waals surface area contributed by atoms with Gasteiger partial charge in [-0.15, -0.1) is 0 Å². The van der Waals surface area contributed by atoms with E-state index in [0.29, 0.717) is 29.8 Å². The molecule has 4 nitrogen and oxygen atoms in total. The van der Waals surface area contributed by atoms with Gasteiger partial charge < -0.3 is 10.1 Å². The van der Waals surface area contributed by atoms with E-state index in [4.69, 9.17) is 16.3 Å². The maximum Gasteiger partial charge on any atom is 0.407 e. The minimum Gasteiger partial charge on any atom is -0.445 e. The fourth-order valence-corrected chi connectivity index (χ4v) is 2.09. The lowest BCUT2D eigenvalue weighted by Gasteiger charge is -2.05. The van der Waals surface area contributed by atoms with E-state index < -0.39 is 6.09 Å². The molecule has 0 aromatic heterocycles. The van der Waals surface area contributed by atoms with Gasteiger partial charge in [-0.1, -0.05) is 53.8 Å². The Labute approximate surface area is 145 Å². The topological polar surface area (TPSA) is 55.4 Å². The molecule has 2 rings (SSSR count). The summed E-state index contributed by atoms with van der Waals surface area (Å²) in [6.45, 7) is 0.626. The fraction of sp³-hybridized carbons (Fsp3) is 0.158. The van der Waals surface area contributed by atoms with Crippen LogP contribution in [0.15, 0.2) is 48.5 Å². The van der Waals surface area contributed by atoms with E-state index in [1.54, 1.807) is 18.2 Å². The predicted molar refractivity (Wildman–Crippen MR) is 93.0 cm³/mol. The summed E-state index contributed by atoms with van der Waals surface area (Å²) in [4.78, 5) is 22.2. The number of ether oxygens (including phenoxy) is 1. The van der Waals surface area contributed by atoms with Crippen LogP contribution in [0, 0.1) is 11.8 Å². The summed E-state index contributed by atoms with van der Waals surface area (Å²) < 4.78 is 5.09. The van der Waals surface area contributed by atoms with E-state index in [9.17, 15) is 9.59 Å². The van der Waals surface area contributed by atoms with Crippen LogP contribution in [0.1, 0.15) is 27.9 Å². The maximum atomic E-state index is 11.5. The van der Waals surface area contributed by atoms with Gasteiger partial charge in [0.2, 0.25) is 0 Å². The normalized spacial score (nSPS) is 9.54. The summed E-state index contributed by atoms with van der Waals surface area (Å²) in [7, 11) is 0. The summed E-state index contributed by atoms with van der Waals surface area (Å²) in [6.07, 6.45) is 0.705. The highest BCUT2D eigenvalue weighted by molar-refractivity contribution is 6.33. The molecule has 1 amide bonds. The van der Waals surface area contributed by atoms with Gasteiger partial charge in [-0.25, -0.2) is 4.79 Å². The Morgan fingerprint density at radius 2 is 2.00 bits per heavy atom. The van der Waals surface area contributed by atoms with Crippen molar-refractivity contribution in [3.05, 3.63) is 70.2 Å². The van der Waals surface area contributed by atoms with E-state index in [0.717, 1.165) is 11.1 Å². The average molecular weight is 342 g/mol. The molecule has 0 aliphatic heterocycles. The van der Waals surface area contributed by atoms with Crippen LogP contribution in [0.25, 0.3) is 0 Å². The Morgan fingerprint density at radius 3 is 2.71 bits per heavy atom. The van der Waals surface area contributed by atoms with Gasteiger partial charge in [0, 0.05) is 24.1 Å². The molecule has 0 spiro atoms. The average Bonchev–Trinajstić information content (AvgIpc) is 2.61. The first kappa shape index (κ1) is 17.6. The highest BCUT2D eigenvalue weighted by atomic mass is 35.5. The molecule has 0 saturated carbocycles. The van der Waals surface area contributed by atoms with Gasteiger partial charge in [0.25, 0.3) is 0 Å². The van der Waals surface area contributed by atoms with E-state index in [1.165, 1.54) is 0 Å². The zero-order chi connectivity index (χ0) is 17.2. The zero-order valence-electron chi connectivity index (χ0n) is 12.9. The standard InChI is InChI=1S/C19H16ClNO3/c20-18-12-15(9-10-17(18)13-22)6-4-5-11-21-19(23)24-14-16-7-2-1-3-8-16/h1-3,7-10,12-13H,5,11,14H2,(H,21,23). The van der Waals surface area contributed by atoms with E-state index >= 15 is 0 Å². The molecule has 0 aliphatic carbocycles. The molecule has 2 aromatic rings. The van der Waals surface area contributed by atoms with Crippen LogP contribution >= 0.6 is 11.6 Å². The molecule has 0 saturated heterocycles. The highest BCUT2D eigenvalue weighted by Gasteiger charge is 2.01. The molecule has 2 aromatic carbocycles. The number of aldehydes is 1. The van der Waals surface area contributed by atoms with Crippen molar-refractivity contribution >= 4 is 24.0 Å². The Hall–Kier alpha value is -2.77. The Morgan fingerprint density at radius 1 is 1.21 bits per heavy atom. The van der Waals surface area contributed by atoms with Crippen LogP contribution in [0.5, 0.6) is 0 Å². The lowest BCUT2D eigenvalue weighted by molar-refractivity contribution is 0.112. The van der Waals surface area contributed by atoms with Gasteiger partial charge in [0.05, 0.1) is 5.02 Å². The Bertz CT molecular complexity index is 763. The third-order valence-corrected chi connectivity index (χ3v) is 3.42. The summed E-state index contributed by atoms with van der Waals surface area (Å²) in [5.74, 6) is 5.85. The number of carbonyl (C=O) groups excluding carboxylic acids is 2. The number of benzene rings is 2. The molecule has 0 radical (unpaired) electrons. The molecule has 0 heterocycles. The van der Waals surface area contributed by atoms with Gasteiger partial charge >= 0.3 is 6.09 Å². The van der Waals surface area contributed by atoms with Gasteiger partial charge in [0.15, 0.2) is 6.29 Å². The minimum absolute atomic E-state index is 0.236. The van der Waals surface area contributed by atoms with Crippen LogP contribution in [0.3, 0.4) is 0 Å². The second kappa shape index (κ2) is 9.39. The summed E-state index contributed by atoms with van der Waals surface area (Å²) in [5.41, 5.74) is 2.09. The molecule has 24 heavy (non-hydrogen) atoms. The first-order valence-corrected chi connectivity index (χ1v) is 7.75. The number of halogens is 1. The number of hydrogen-bond donors (Lipinski definition) is 1. The summed E-state index contributed by atoms with van der Waals surface area (Å²) in [6, 6.07) is 14.4. The summed E-state index contributed by atoms with van der Waals surface area (Å²) >= 11 is 5.92. The predicted octanol–water partition coefficient (Wildman–Crippen LogP) is 3.82. The maximum absolute atomic E-state index is 11.5. The van der Waals surface area contributed by atoms with Crippen molar-refractivity contribution in [3.8, 4) is 11.8 Å². The number of rotatable bonds is 5. The molecule has 5 heteroatoms. The third kappa shape index (κ3) is 5.79. The van der Waals surface area contributed by atoms with Crippen molar-refractivity contribution in [2.75, 3.05) is 6.54 Å². The van der Waals surface area contributed by atoms with Crippen LogP contribution < -0.4 is 5.32 Å². The highest BCUT2D eigenvalue weighted by Crippen LogP contribution is 2.15. The van der Waals surface area contributed by atoms with Crippen molar-refractivity contribution in [1.29, 1.82) is 0 Å². The van der Waals surface area contributed by atoms with Gasteiger partial charge in [-0.3, -0.25) is 4.79 Å². The van der Waals surface area contributed by atoms with E-state index in [1.807, 2.05) is 30.3 Å². The second-order valence-corrected chi connectivity index (χ2v) is 5.30. The second-order valence-electron chi connectivity index (χ2n) is 4.89. The monoisotopic (exact) mass is 341 g/mol. The van der Waals surface area contributed by atoms with Crippen molar-refractivity contribution in [2.24, 2.45) is 0 Å². The van der Waals surface area contributed by atoms with Crippen LogP contribution in [0.2, 0.25) is 5.02 Å². The molecule has 122 valence electrons. The van der Waals surface area contributed by atoms with Crippen molar-refractivity contribution < 1.29 is 14.3 Å². The number of alkyl carbamates (subject to hydrolysis) is 1. The number of amides is 1. The molecule has 1 N–H and O–H groups in total. The van der Waals surface area contributed by atoms with Crippen LogP contribution in [0.4, 0.5) is 4.79 Å².